The molecule has 2 heteroatoms. The molecule has 106 valence electrons. The summed E-state index contributed by atoms with van der Waals surface area (Å²) < 4.78 is 0. The molecular formula is C16H31NO. The van der Waals surface area contributed by atoms with Crippen molar-refractivity contribution < 1.29 is 4.79 Å². The summed E-state index contributed by atoms with van der Waals surface area (Å²) in [5.41, 5.74) is 0.401. The second-order valence-corrected chi connectivity index (χ2v) is 7.43. The Balaban J connectivity index is 2.40. The number of nitrogens with one attached hydrogen (secondary N) is 1. The lowest BCUT2D eigenvalue weighted by Gasteiger charge is -2.39. The van der Waals surface area contributed by atoms with Gasteiger partial charge in [0.1, 0.15) is 0 Å². The third-order valence-electron chi connectivity index (χ3n) is 4.72. The van der Waals surface area contributed by atoms with Crippen LogP contribution in [0.3, 0.4) is 0 Å². The van der Waals surface area contributed by atoms with E-state index >= 15 is 0 Å². The van der Waals surface area contributed by atoms with E-state index in [1.54, 1.807) is 0 Å². The van der Waals surface area contributed by atoms with Gasteiger partial charge in [-0.1, -0.05) is 41.5 Å². The zero-order chi connectivity index (χ0) is 13.9. The number of hydrogen-bond acceptors (Lipinski definition) is 1. The van der Waals surface area contributed by atoms with Gasteiger partial charge in [-0.25, -0.2) is 0 Å². The highest BCUT2D eigenvalue weighted by Crippen LogP contribution is 2.39. The first kappa shape index (κ1) is 15.5. The minimum atomic E-state index is 0.108. The average molecular weight is 253 g/mol. The largest absolute Gasteiger partial charge is 0.353 e. The molecule has 0 heterocycles. The molecule has 0 saturated heterocycles. The monoisotopic (exact) mass is 253 g/mol. The van der Waals surface area contributed by atoms with Gasteiger partial charge in [0, 0.05) is 12.0 Å². The van der Waals surface area contributed by atoms with Crippen molar-refractivity contribution in [3.05, 3.63) is 0 Å². The second kappa shape index (κ2) is 6.08. The van der Waals surface area contributed by atoms with Crippen LogP contribution in [0.5, 0.6) is 0 Å². The first-order valence-electron chi connectivity index (χ1n) is 7.52. The summed E-state index contributed by atoms with van der Waals surface area (Å²) in [7, 11) is 0. The molecule has 0 spiro atoms. The third-order valence-corrected chi connectivity index (χ3v) is 4.72. The van der Waals surface area contributed by atoms with Crippen molar-refractivity contribution in [3.8, 4) is 0 Å². The van der Waals surface area contributed by atoms with E-state index in [-0.39, 0.29) is 11.8 Å². The van der Waals surface area contributed by atoms with Crippen molar-refractivity contribution in [2.75, 3.05) is 0 Å². The van der Waals surface area contributed by atoms with Crippen LogP contribution in [0.15, 0.2) is 0 Å². The zero-order valence-electron chi connectivity index (χ0n) is 13.0. The molecule has 2 nitrogen and oxygen atoms in total. The molecule has 1 saturated carbocycles. The van der Waals surface area contributed by atoms with E-state index in [1.807, 2.05) is 13.8 Å². The van der Waals surface area contributed by atoms with Crippen LogP contribution >= 0.6 is 0 Å². The third kappa shape index (κ3) is 4.29. The summed E-state index contributed by atoms with van der Waals surface area (Å²) in [5, 5.41) is 3.18. The van der Waals surface area contributed by atoms with E-state index in [1.165, 1.54) is 12.8 Å². The molecule has 1 atom stereocenters. The van der Waals surface area contributed by atoms with Crippen molar-refractivity contribution in [3.63, 3.8) is 0 Å². The van der Waals surface area contributed by atoms with Crippen molar-refractivity contribution in [1.29, 1.82) is 0 Å². The van der Waals surface area contributed by atoms with E-state index in [0.717, 1.165) is 24.7 Å². The number of hydrogen-bond donors (Lipinski definition) is 1. The van der Waals surface area contributed by atoms with Crippen LogP contribution in [0.2, 0.25) is 0 Å². The molecule has 1 N–H and O–H groups in total. The van der Waals surface area contributed by atoms with Gasteiger partial charge in [0.25, 0.3) is 0 Å². The zero-order valence-corrected chi connectivity index (χ0v) is 13.0. The van der Waals surface area contributed by atoms with Gasteiger partial charge in [0.05, 0.1) is 0 Å². The van der Waals surface area contributed by atoms with Crippen LogP contribution in [0.4, 0.5) is 0 Å². The predicted octanol–water partition coefficient (Wildman–Crippen LogP) is 4.00. The normalized spacial score (nSPS) is 27.1. The molecule has 0 aromatic rings. The highest BCUT2D eigenvalue weighted by molar-refractivity contribution is 5.78. The van der Waals surface area contributed by atoms with Crippen LogP contribution in [-0.4, -0.2) is 11.9 Å². The molecule has 0 radical (unpaired) electrons. The maximum absolute atomic E-state index is 11.7. The van der Waals surface area contributed by atoms with Gasteiger partial charge in [-0.3, -0.25) is 4.79 Å². The minimum Gasteiger partial charge on any atom is -0.353 e. The summed E-state index contributed by atoms with van der Waals surface area (Å²) in [6, 6.07) is 0.420. The van der Waals surface area contributed by atoms with E-state index in [4.69, 9.17) is 0 Å². The number of amides is 1. The molecule has 0 aromatic heterocycles. The van der Waals surface area contributed by atoms with Crippen LogP contribution in [0.25, 0.3) is 0 Å². The molecule has 0 aliphatic heterocycles. The second-order valence-electron chi connectivity index (χ2n) is 7.43. The standard InChI is InChI=1S/C16H31NO/c1-11(2)15(18)17-14-9-7-13(8-10-14)12(3)16(4,5)6/h11-14H,7-10H2,1-6H3,(H,17,18)/t12-,13?,14?/m1/s1. The number of carbonyl (C=O) groups excluding carboxylic acids is 1. The van der Waals surface area contributed by atoms with Crippen LogP contribution in [-0.2, 0) is 4.79 Å². The van der Waals surface area contributed by atoms with Gasteiger partial charge >= 0.3 is 0 Å². The Bertz CT molecular complexity index is 269. The fraction of sp³-hybridized carbons (Fsp3) is 0.938. The van der Waals surface area contributed by atoms with Crippen molar-refractivity contribution in [2.45, 2.75) is 73.3 Å². The molecular weight excluding hydrogens is 222 g/mol. The van der Waals surface area contributed by atoms with Crippen LogP contribution in [0, 0.1) is 23.2 Å². The first-order chi connectivity index (χ1) is 8.21. The summed E-state index contributed by atoms with van der Waals surface area (Å²) in [6.45, 7) is 13.3. The van der Waals surface area contributed by atoms with Gasteiger partial charge in [0.2, 0.25) is 5.91 Å². The van der Waals surface area contributed by atoms with Gasteiger partial charge in [0.15, 0.2) is 0 Å². The van der Waals surface area contributed by atoms with Gasteiger partial charge in [-0.05, 0) is 42.9 Å². The topological polar surface area (TPSA) is 29.1 Å². The minimum absolute atomic E-state index is 0.108. The fourth-order valence-corrected chi connectivity index (χ4v) is 2.84. The Kier molecular flexibility index (Phi) is 5.24. The average Bonchev–Trinajstić information content (AvgIpc) is 2.27. The lowest BCUT2D eigenvalue weighted by atomic mass is 9.68. The molecule has 18 heavy (non-hydrogen) atoms. The fourth-order valence-electron chi connectivity index (χ4n) is 2.84. The van der Waals surface area contributed by atoms with Crippen molar-refractivity contribution in [1.82, 2.24) is 5.32 Å². The van der Waals surface area contributed by atoms with Gasteiger partial charge < -0.3 is 5.32 Å². The summed E-state index contributed by atoms with van der Waals surface area (Å²) >= 11 is 0. The highest BCUT2D eigenvalue weighted by atomic mass is 16.1. The van der Waals surface area contributed by atoms with E-state index in [9.17, 15) is 4.79 Å². The van der Waals surface area contributed by atoms with Crippen molar-refractivity contribution in [2.24, 2.45) is 23.2 Å². The Labute approximate surface area is 113 Å². The first-order valence-corrected chi connectivity index (χ1v) is 7.52. The van der Waals surface area contributed by atoms with E-state index in [2.05, 4.69) is 33.0 Å². The molecule has 0 bridgehead atoms. The highest BCUT2D eigenvalue weighted by Gasteiger charge is 2.32. The Morgan fingerprint density at radius 3 is 1.94 bits per heavy atom. The van der Waals surface area contributed by atoms with E-state index < -0.39 is 0 Å². The van der Waals surface area contributed by atoms with Crippen LogP contribution < -0.4 is 5.32 Å². The summed E-state index contributed by atoms with van der Waals surface area (Å²) in [5.74, 6) is 1.91. The van der Waals surface area contributed by atoms with Gasteiger partial charge in [-0.15, -0.1) is 0 Å². The maximum atomic E-state index is 11.7. The lowest BCUT2D eigenvalue weighted by molar-refractivity contribution is -0.125. The molecule has 1 amide bonds. The molecule has 0 aromatic carbocycles. The molecule has 0 unspecified atom stereocenters. The maximum Gasteiger partial charge on any atom is 0.222 e. The Morgan fingerprint density at radius 2 is 1.56 bits per heavy atom. The Morgan fingerprint density at radius 1 is 1.06 bits per heavy atom. The quantitative estimate of drug-likeness (QED) is 0.809. The lowest BCUT2D eigenvalue weighted by Crippen LogP contribution is -2.41. The summed E-state index contributed by atoms with van der Waals surface area (Å²) in [4.78, 5) is 11.7. The molecule has 1 aliphatic carbocycles. The Hall–Kier alpha value is -0.530. The molecule has 1 fully saturated rings. The van der Waals surface area contributed by atoms with Gasteiger partial charge in [-0.2, -0.15) is 0 Å². The van der Waals surface area contributed by atoms with Crippen LogP contribution in [0.1, 0.15) is 67.2 Å². The predicted molar refractivity (Wildman–Crippen MR) is 77.3 cm³/mol. The molecule has 1 rings (SSSR count). The van der Waals surface area contributed by atoms with Crippen molar-refractivity contribution >= 4 is 5.91 Å². The summed E-state index contributed by atoms with van der Waals surface area (Å²) in [6.07, 6.45) is 4.84. The number of rotatable bonds is 3. The SMILES string of the molecule is CC(C)C(=O)NC1CCC([C@@H](C)C(C)(C)C)CC1. The molecule has 1 aliphatic rings. The van der Waals surface area contributed by atoms with E-state index in [0.29, 0.717) is 11.5 Å². The number of carbonyl (C=O) groups is 1. The smallest absolute Gasteiger partial charge is 0.222 e.